The van der Waals surface area contributed by atoms with Crippen LogP contribution in [-0.4, -0.2) is 27.3 Å². The van der Waals surface area contributed by atoms with Crippen molar-refractivity contribution in [2.75, 3.05) is 32.6 Å². The van der Waals surface area contributed by atoms with Gasteiger partial charge in [-0.05, 0) is 24.6 Å². The molecule has 4 heteroatoms. The van der Waals surface area contributed by atoms with Crippen LogP contribution in [0.15, 0.2) is 18.2 Å². The third-order valence-electron chi connectivity index (χ3n) is 2.44. The summed E-state index contributed by atoms with van der Waals surface area (Å²) < 4.78 is 10.4. The van der Waals surface area contributed by atoms with Gasteiger partial charge in [-0.2, -0.15) is 0 Å². The first-order chi connectivity index (χ1) is 7.71. The van der Waals surface area contributed by atoms with Gasteiger partial charge < -0.3 is 20.5 Å². The molecule has 90 valence electrons. The van der Waals surface area contributed by atoms with Crippen LogP contribution in [0.4, 0.5) is 5.69 Å². The van der Waals surface area contributed by atoms with Gasteiger partial charge in [0, 0.05) is 18.3 Å². The second kappa shape index (κ2) is 6.23. The number of rotatable bonds is 6. The zero-order valence-corrected chi connectivity index (χ0v) is 10.1. The Morgan fingerprint density at radius 1 is 1.25 bits per heavy atom. The Hall–Kier alpha value is -1.42. The SMILES string of the molecule is COc1ccc(NCC(C)CN)cc1OC. The van der Waals surface area contributed by atoms with E-state index in [1.54, 1.807) is 14.2 Å². The van der Waals surface area contributed by atoms with Gasteiger partial charge in [-0.1, -0.05) is 6.92 Å². The minimum atomic E-state index is 0.452. The first-order valence-electron chi connectivity index (χ1n) is 5.37. The molecule has 1 aromatic carbocycles. The van der Waals surface area contributed by atoms with Crippen molar-refractivity contribution >= 4 is 5.69 Å². The lowest BCUT2D eigenvalue weighted by atomic mass is 10.2. The Kier molecular flexibility index (Phi) is 4.92. The molecule has 0 aromatic heterocycles. The van der Waals surface area contributed by atoms with Crippen LogP contribution in [0.25, 0.3) is 0 Å². The fourth-order valence-corrected chi connectivity index (χ4v) is 1.32. The van der Waals surface area contributed by atoms with Crippen LogP contribution in [0.1, 0.15) is 6.92 Å². The lowest BCUT2D eigenvalue weighted by molar-refractivity contribution is 0.355. The first-order valence-corrected chi connectivity index (χ1v) is 5.37. The Labute approximate surface area is 96.7 Å². The highest BCUT2D eigenvalue weighted by Gasteiger charge is 2.05. The van der Waals surface area contributed by atoms with Crippen LogP contribution >= 0.6 is 0 Å². The van der Waals surface area contributed by atoms with E-state index in [0.29, 0.717) is 12.5 Å². The highest BCUT2D eigenvalue weighted by Crippen LogP contribution is 2.29. The van der Waals surface area contributed by atoms with Gasteiger partial charge in [0.2, 0.25) is 0 Å². The fourth-order valence-electron chi connectivity index (χ4n) is 1.32. The van der Waals surface area contributed by atoms with Crippen molar-refractivity contribution in [2.45, 2.75) is 6.92 Å². The molecule has 4 nitrogen and oxygen atoms in total. The highest BCUT2D eigenvalue weighted by molar-refractivity contribution is 5.54. The van der Waals surface area contributed by atoms with E-state index in [1.807, 2.05) is 18.2 Å². The van der Waals surface area contributed by atoms with E-state index in [9.17, 15) is 0 Å². The van der Waals surface area contributed by atoms with Crippen LogP contribution < -0.4 is 20.5 Å². The number of hydrogen-bond acceptors (Lipinski definition) is 4. The molecule has 0 spiro atoms. The third-order valence-corrected chi connectivity index (χ3v) is 2.44. The molecule has 16 heavy (non-hydrogen) atoms. The van der Waals surface area contributed by atoms with Crippen molar-refractivity contribution in [2.24, 2.45) is 11.7 Å². The van der Waals surface area contributed by atoms with Gasteiger partial charge in [-0.15, -0.1) is 0 Å². The average molecular weight is 224 g/mol. The number of nitrogens with two attached hydrogens (primary N) is 1. The predicted octanol–water partition coefficient (Wildman–Crippen LogP) is 1.71. The molecule has 0 aliphatic heterocycles. The van der Waals surface area contributed by atoms with Gasteiger partial charge in [0.25, 0.3) is 0 Å². The fraction of sp³-hybridized carbons (Fsp3) is 0.500. The standard InChI is InChI=1S/C12H20N2O2/c1-9(7-13)8-14-10-4-5-11(15-2)12(6-10)16-3/h4-6,9,14H,7-8,13H2,1-3H3. The van der Waals surface area contributed by atoms with E-state index in [2.05, 4.69) is 12.2 Å². The highest BCUT2D eigenvalue weighted by atomic mass is 16.5. The van der Waals surface area contributed by atoms with E-state index < -0.39 is 0 Å². The normalized spacial score (nSPS) is 12.0. The molecule has 0 aliphatic carbocycles. The van der Waals surface area contributed by atoms with Gasteiger partial charge in [-0.3, -0.25) is 0 Å². The van der Waals surface area contributed by atoms with Crippen LogP contribution in [0, 0.1) is 5.92 Å². The molecule has 0 radical (unpaired) electrons. The second-order valence-electron chi connectivity index (χ2n) is 3.79. The molecule has 1 aromatic rings. The molecule has 0 aliphatic rings. The number of benzene rings is 1. The second-order valence-corrected chi connectivity index (χ2v) is 3.79. The van der Waals surface area contributed by atoms with Crippen LogP contribution in [0.5, 0.6) is 11.5 Å². The number of hydrogen-bond donors (Lipinski definition) is 2. The van der Waals surface area contributed by atoms with Crippen molar-refractivity contribution in [3.63, 3.8) is 0 Å². The Morgan fingerprint density at radius 2 is 1.94 bits per heavy atom. The monoisotopic (exact) mass is 224 g/mol. The van der Waals surface area contributed by atoms with E-state index in [1.165, 1.54) is 0 Å². The predicted molar refractivity (Wildman–Crippen MR) is 66.3 cm³/mol. The maximum absolute atomic E-state index is 5.55. The molecule has 1 atom stereocenters. The minimum Gasteiger partial charge on any atom is -0.493 e. The number of nitrogens with one attached hydrogen (secondary N) is 1. The first kappa shape index (κ1) is 12.6. The molecule has 0 heterocycles. The molecule has 1 unspecified atom stereocenters. The zero-order chi connectivity index (χ0) is 12.0. The van der Waals surface area contributed by atoms with E-state index in [0.717, 1.165) is 23.7 Å². The number of anilines is 1. The zero-order valence-electron chi connectivity index (χ0n) is 10.1. The van der Waals surface area contributed by atoms with Crippen LogP contribution in [0.3, 0.4) is 0 Å². The molecule has 0 saturated heterocycles. The maximum atomic E-state index is 5.55. The lowest BCUT2D eigenvalue weighted by Gasteiger charge is -2.13. The van der Waals surface area contributed by atoms with Gasteiger partial charge >= 0.3 is 0 Å². The molecule has 0 fully saturated rings. The van der Waals surface area contributed by atoms with Gasteiger partial charge in [0.1, 0.15) is 0 Å². The topological polar surface area (TPSA) is 56.5 Å². The summed E-state index contributed by atoms with van der Waals surface area (Å²) in [6.07, 6.45) is 0. The Balaban J connectivity index is 2.67. The van der Waals surface area contributed by atoms with Crippen molar-refractivity contribution in [3.8, 4) is 11.5 Å². The van der Waals surface area contributed by atoms with Gasteiger partial charge in [0.05, 0.1) is 14.2 Å². The van der Waals surface area contributed by atoms with Crippen molar-refractivity contribution in [1.29, 1.82) is 0 Å². The summed E-state index contributed by atoms with van der Waals surface area (Å²) in [5, 5.41) is 3.31. The number of methoxy groups -OCH3 is 2. The summed E-state index contributed by atoms with van der Waals surface area (Å²) in [5.74, 6) is 1.92. The summed E-state index contributed by atoms with van der Waals surface area (Å²) in [6, 6.07) is 5.76. The average Bonchev–Trinajstić information content (AvgIpc) is 2.35. The van der Waals surface area contributed by atoms with E-state index in [-0.39, 0.29) is 0 Å². The Morgan fingerprint density at radius 3 is 2.50 bits per heavy atom. The molecule has 0 saturated carbocycles. The molecular formula is C12H20N2O2. The summed E-state index contributed by atoms with van der Waals surface area (Å²) >= 11 is 0. The van der Waals surface area contributed by atoms with Crippen LogP contribution in [0.2, 0.25) is 0 Å². The molecule has 3 N–H and O–H groups in total. The van der Waals surface area contributed by atoms with Crippen molar-refractivity contribution in [1.82, 2.24) is 0 Å². The van der Waals surface area contributed by atoms with E-state index in [4.69, 9.17) is 15.2 Å². The van der Waals surface area contributed by atoms with Gasteiger partial charge in [0.15, 0.2) is 11.5 Å². The summed E-state index contributed by atoms with van der Waals surface area (Å²) in [6.45, 7) is 3.64. The largest absolute Gasteiger partial charge is 0.493 e. The van der Waals surface area contributed by atoms with Crippen molar-refractivity contribution in [3.05, 3.63) is 18.2 Å². The summed E-state index contributed by atoms with van der Waals surface area (Å²) in [5.41, 5.74) is 6.57. The van der Waals surface area contributed by atoms with E-state index >= 15 is 0 Å². The smallest absolute Gasteiger partial charge is 0.162 e. The Bertz CT molecular complexity index is 329. The summed E-state index contributed by atoms with van der Waals surface area (Å²) in [7, 11) is 3.26. The summed E-state index contributed by atoms with van der Waals surface area (Å²) in [4.78, 5) is 0. The molecule has 0 amide bonds. The quantitative estimate of drug-likeness (QED) is 0.772. The molecular weight excluding hydrogens is 204 g/mol. The molecule has 0 bridgehead atoms. The van der Waals surface area contributed by atoms with Gasteiger partial charge in [-0.25, -0.2) is 0 Å². The number of ether oxygens (including phenoxy) is 2. The molecule has 1 rings (SSSR count). The maximum Gasteiger partial charge on any atom is 0.162 e. The minimum absolute atomic E-state index is 0.452. The van der Waals surface area contributed by atoms with Crippen LogP contribution in [-0.2, 0) is 0 Å². The lowest BCUT2D eigenvalue weighted by Crippen LogP contribution is -2.19. The third kappa shape index (κ3) is 3.31. The van der Waals surface area contributed by atoms with Crippen molar-refractivity contribution < 1.29 is 9.47 Å².